The predicted octanol–water partition coefficient (Wildman–Crippen LogP) is 5.83. The van der Waals surface area contributed by atoms with E-state index in [1.807, 2.05) is 42.5 Å². The van der Waals surface area contributed by atoms with Crippen LogP contribution in [0.2, 0.25) is 10.0 Å². The van der Waals surface area contributed by atoms with Gasteiger partial charge in [0.15, 0.2) is 0 Å². The highest BCUT2D eigenvalue weighted by Gasteiger charge is 2.21. The lowest BCUT2D eigenvalue weighted by Crippen LogP contribution is -2.39. The lowest BCUT2D eigenvalue weighted by molar-refractivity contribution is 0.211. The van der Waals surface area contributed by atoms with Crippen LogP contribution in [0.1, 0.15) is 24.0 Å². The number of rotatable bonds is 6. The third kappa shape index (κ3) is 5.27. The van der Waals surface area contributed by atoms with Crippen LogP contribution in [0.4, 0.5) is 5.69 Å². The summed E-state index contributed by atoms with van der Waals surface area (Å²) in [6.45, 7) is 3.41. The van der Waals surface area contributed by atoms with Gasteiger partial charge in [0.2, 0.25) is 0 Å². The molecule has 0 spiro atoms. The molecule has 0 bridgehead atoms. The Morgan fingerprint density at radius 2 is 1.53 bits per heavy atom. The van der Waals surface area contributed by atoms with Gasteiger partial charge < -0.3 is 9.88 Å². The molecule has 174 valence electrons. The van der Waals surface area contributed by atoms with E-state index in [9.17, 15) is 4.79 Å². The molecule has 5 nitrogen and oxygen atoms in total. The molecule has 0 radical (unpaired) electrons. The van der Waals surface area contributed by atoms with E-state index < -0.39 is 0 Å². The van der Waals surface area contributed by atoms with Crippen molar-refractivity contribution < 1.29 is 0 Å². The Kier molecular flexibility index (Phi) is 6.86. The molecular formula is C27H26Cl2N4O. The maximum absolute atomic E-state index is 13.1. The fourth-order valence-electron chi connectivity index (χ4n) is 4.61. The minimum absolute atomic E-state index is 0.0330. The second-order valence-corrected chi connectivity index (χ2v) is 9.69. The summed E-state index contributed by atoms with van der Waals surface area (Å²) in [5.41, 5.74) is 3.99. The molecule has 3 heterocycles. The standard InChI is InChI=1S/C27H26Cl2N4O/c28-21-3-1-19(2-4-21)17-32-13-9-23(10-14-32)31-25-16-27(34)33(18-20-7-11-30-12-8-20)26-6-5-22(29)15-24(25)26/h1-8,11-12,15-16,23,31H,9-10,13-14,17-18H2. The molecule has 1 saturated heterocycles. The fraction of sp³-hybridized carbons (Fsp3) is 0.259. The number of aromatic nitrogens is 2. The Balaban J connectivity index is 1.33. The van der Waals surface area contributed by atoms with Crippen LogP contribution in [0.3, 0.4) is 0 Å². The summed E-state index contributed by atoms with van der Waals surface area (Å²) in [4.78, 5) is 19.7. The number of pyridine rings is 2. The molecule has 0 saturated carbocycles. The topological polar surface area (TPSA) is 50.2 Å². The first-order valence-corrected chi connectivity index (χ1v) is 12.3. The molecule has 2 aromatic heterocycles. The highest BCUT2D eigenvalue weighted by atomic mass is 35.5. The number of nitrogens with one attached hydrogen (secondary N) is 1. The van der Waals surface area contributed by atoms with Gasteiger partial charge in [0.05, 0.1) is 12.1 Å². The minimum atomic E-state index is -0.0330. The first-order chi connectivity index (χ1) is 16.5. The summed E-state index contributed by atoms with van der Waals surface area (Å²) in [7, 11) is 0. The summed E-state index contributed by atoms with van der Waals surface area (Å²) in [6.07, 6.45) is 5.51. The van der Waals surface area contributed by atoms with Crippen molar-refractivity contribution in [2.45, 2.75) is 32.0 Å². The van der Waals surface area contributed by atoms with Crippen molar-refractivity contribution in [1.29, 1.82) is 0 Å². The molecule has 1 aliphatic rings. The number of likely N-dealkylation sites (tertiary alicyclic amines) is 1. The van der Waals surface area contributed by atoms with Gasteiger partial charge in [-0.1, -0.05) is 35.3 Å². The predicted molar refractivity (Wildman–Crippen MR) is 140 cm³/mol. The highest BCUT2D eigenvalue weighted by molar-refractivity contribution is 6.31. The van der Waals surface area contributed by atoms with Gasteiger partial charge in [-0.2, -0.15) is 0 Å². The summed E-state index contributed by atoms with van der Waals surface area (Å²) >= 11 is 12.4. The molecule has 2 aromatic carbocycles. The van der Waals surface area contributed by atoms with Gasteiger partial charge in [-0.05, 0) is 66.4 Å². The lowest BCUT2D eigenvalue weighted by atomic mass is 10.0. The molecule has 0 unspecified atom stereocenters. The van der Waals surface area contributed by atoms with E-state index in [4.69, 9.17) is 23.2 Å². The zero-order valence-electron chi connectivity index (χ0n) is 18.8. The smallest absolute Gasteiger partial charge is 0.253 e. The Bertz CT molecular complexity index is 1330. The number of anilines is 1. The number of benzene rings is 2. The highest BCUT2D eigenvalue weighted by Crippen LogP contribution is 2.28. The van der Waals surface area contributed by atoms with Gasteiger partial charge in [-0.3, -0.25) is 14.7 Å². The maximum atomic E-state index is 13.1. The SMILES string of the molecule is O=c1cc(NC2CCN(Cc3ccc(Cl)cc3)CC2)c2cc(Cl)ccc2n1Cc1ccncc1. The summed E-state index contributed by atoms with van der Waals surface area (Å²) < 4.78 is 1.79. The van der Waals surface area contributed by atoms with Crippen LogP contribution in [-0.2, 0) is 13.1 Å². The fourth-order valence-corrected chi connectivity index (χ4v) is 4.91. The van der Waals surface area contributed by atoms with Crippen molar-refractivity contribution in [3.8, 4) is 0 Å². The number of halogens is 2. The molecule has 1 N–H and O–H groups in total. The monoisotopic (exact) mass is 492 g/mol. The molecular weight excluding hydrogens is 467 g/mol. The van der Waals surface area contributed by atoms with E-state index in [1.165, 1.54) is 5.56 Å². The van der Waals surface area contributed by atoms with Crippen LogP contribution in [0.5, 0.6) is 0 Å². The maximum Gasteiger partial charge on any atom is 0.253 e. The van der Waals surface area contributed by atoms with E-state index >= 15 is 0 Å². The second kappa shape index (κ2) is 10.2. The molecule has 4 aromatic rings. The van der Waals surface area contributed by atoms with E-state index in [0.29, 0.717) is 17.6 Å². The van der Waals surface area contributed by atoms with Crippen LogP contribution in [0.25, 0.3) is 10.9 Å². The zero-order chi connectivity index (χ0) is 23.5. The van der Waals surface area contributed by atoms with Crippen LogP contribution < -0.4 is 10.9 Å². The first-order valence-electron chi connectivity index (χ1n) is 11.5. The van der Waals surface area contributed by atoms with Gasteiger partial charge >= 0.3 is 0 Å². The third-order valence-corrected chi connectivity index (χ3v) is 6.92. The van der Waals surface area contributed by atoms with E-state index in [-0.39, 0.29) is 5.56 Å². The molecule has 0 aliphatic carbocycles. The van der Waals surface area contributed by atoms with Crippen molar-refractivity contribution in [3.63, 3.8) is 0 Å². The van der Waals surface area contributed by atoms with Crippen LogP contribution in [-0.4, -0.2) is 33.6 Å². The molecule has 7 heteroatoms. The average molecular weight is 493 g/mol. The van der Waals surface area contributed by atoms with Gasteiger partial charge in [0, 0.05) is 65.3 Å². The average Bonchev–Trinajstić information content (AvgIpc) is 2.85. The Hall–Kier alpha value is -2.86. The van der Waals surface area contributed by atoms with Crippen molar-refractivity contribution in [1.82, 2.24) is 14.5 Å². The van der Waals surface area contributed by atoms with Crippen molar-refractivity contribution in [2.75, 3.05) is 18.4 Å². The van der Waals surface area contributed by atoms with Crippen LogP contribution >= 0.6 is 23.2 Å². The van der Waals surface area contributed by atoms with Crippen molar-refractivity contribution >= 4 is 39.8 Å². The van der Waals surface area contributed by atoms with Crippen molar-refractivity contribution in [2.24, 2.45) is 0 Å². The van der Waals surface area contributed by atoms with Gasteiger partial charge in [0.25, 0.3) is 5.56 Å². The van der Waals surface area contributed by atoms with Crippen molar-refractivity contribution in [3.05, 3.63) is 105 Å². The molecule has 1 aliphatic heterocycles. The van der Waals surface area contributed by atoms with Gasteiger partial charge in [-0.25, -0.2) is 0 Å². The van der Waals surface area contributed by atoms with E-state index in [1.54, 1.807) is 23.0 Å². The Morgan fingerprint density at radius 1 is 0.853 bits per heavy atom. The quantitative estimate of drug-likeness (QED) is 0.367. The Morgan fingerprint density at radius 3 is 2.26 bits per heavy atom. The number of hydrogen-bond donors (Lipinski definition) is 1. The largest absolute Gasteiger partial charge is 0.382 e. The normalized spacial score (nSPS) is 15.0. The summed E-state index contributed by atoms with van der Waals surface area (Å²) in [6, 6.07) is 19.6. The molecule has 5 rings (SSSR count). The number of fused-ring (bicyclic) bond motifs is 1. The minimum Gasteiger partial charge on any atom is -0.382 e. The second-order valence-electron chi connectivity index (χ2n) is 8.82. The first kappa shape index (κ1) is 22.9. The molecule has 0 atom stereocenters. The summed E-state index contributed by atoms with van der Waals surface area (Å²) in [5, 5.41) is 6.03. The number of nitrogens with zero attached hydrogens (tertiary/aromatic N) is 3. The third-order valence-electron chi connectivity index (χ3n) is 6.43. The Labute approximate surface area is 209 Å². The molecule has 1 fully saturated rings. The van der Waals surface area contributed by atoms with Crippen LogP contribution in [0, 0.1) is 0 Å². The van der Waals surface area contributed by atoms with Crippen LogP contribution in [0.15, 0.2) is 77.9 Å². The lowest BCUT2D eigenvalue weighted by Gasteiger charge is -2.33. The van der Waals surface area contributed by atoms with Gasteiger partial charge in [-0.15, -0.1) is 0 Å². The molecule has 0 amide bonds. The number of piperidine rings is 1. The molecule has 34 heavy (non-hydrogen) atoms. The summed E-state index contributed by atoms with van der Waals surface area (Å²) in [5.74, 6) is 0. The van der Waals surface area contributed by atoms with E-state index in [0.717, 1.165) is 59.7 Å². The number of hydrogen-bond acceptors (Lipinski definition) is 4. The van der Waals surface area contributed by atoms with Gasteiger partial charge in [0.1, 0.15) is 0 Å². The zero-order valence-corrected chi connectivity index (χ0v) is 20.3. The van der Waals surface area contributed by atoms with E-state index in [2.05, 4.69) is 27.3 Å².